The van der Waals surface area contributed by atoms with Gasteiger partial charge in [0.05, 0.1) is 23.2 Å². The maximum absolute atomic E-state index is 12.8. The first-order valence-electron chi connectivity index (χ1n) is 9.95. The Bertz CT molecular complexity index is 1000. The van der Waals surface area contributed by atoms with Gasteiger partial charge in [-0.1, -0.05) is 24.3 Å². The Balaban J connectivity index is 1.46. The quantitative estimate of drug-likeness (QED) is 0.660. The van der Waals surface area contributed by atoms with Gasteiger partial charge >= 0.3 is 0 Å². The van der Waals surface area contributed by atoms with Crippen molar-refractivity contribution in [2.75, 3.05) is 6.54 Å². The predicted octanol–water partition coefficient (Wildman–Crippen LogP) is 3.97. The number of nitrogens with zero attached hydrogens (tertiary/aromatic N) is 4. The molecule has 1 aliphatic carbocycles. The Kier molecular flexibility index (Phi) is 4.51. The number of rotatable bonds is 5. The largest absolute Gasteiger partial charge is 0.337 e. The molecule has 6 heteroatoms. The van der Waals surface area contributed by atoms with Gasteiger partial charge in [0.25, 0.3) is 0 Å². The molecule has 144 valence electrons. The van der Waals surface area contributed by atoms with E-state index in [0.29, 0.717) is 32.0 Å². The first-order valence-corrected chi connectivity index (χ1v) is 10.8. The van der Waals surface area contributed by atoms with Crippen molar-refractivity contribution in [3.05, 3.63) is 69.7 Å². The van der Waals surface area contributed by atoms with Gasteiger partial charge < -0.3 is 9.47 Å². The van der Waals surface area contributed by atoms with Crippen LogP contribution in [0.25, 0.3) is 0 Å². The number of aryl methyl sites for hydroxylation is 1. The lowest BCUT2D eigenvalue weighted by Crippen LogP contribution is -2.39. The van der Waals surface area contributed by atoms with Crippen LogP contribution in [0.4, 0.5) is 0 Å². The molecule has 1 saturated carbocycles. The molecule has 0 unspecified atom stereocenters. The second-order valence-corrected chi connectivity index (χ2v) is 9.01. The number of imidazole rings is 1. The molecule has 2 aromatic heterocycles. The van der Waals surface area contributed by atoms with Crippen LogP contribution in [0.15, 0.2) is 42.0 Å². The van der Waals surface area contributed by atoms with Crippen molar-refractivity contribution in [1.29, 1.82) is 0 Å². The Hall–Kier alpha value is -2.47. The molecule has 1 fully saturated rings. The fraction of sp³-hybridized carbons (Fsp3) is 0.409. The lowest BCUT2D eigenvalue weighted by Gasteiger charge is -2.34. The summed E-state index contributed by atoms with van der Waals surface area (Å²) in [6, 6.07) is 8.49. The first kappa shape index (κ1) is 17.6. The Morgan fingerprint density at radius 3 is 2.93 bits per heavy atom. The summed E-state index contributed by atoms with van der Waals surface area (Å²) in [5.74, 6) is 2.01. The summed E-state index contributed by atoms with van der Waals surface area (Å²) in [6.45, 7) is 4.16. The van der Waals surface area contributed by atoms with Gasteiger partial charge in [-0.15, -0.1) is 11.3 Å². The molecule has 0 spiro atoms. The standard InChI is InChI=1S/C22H24N4OS/c1-15-24-18(14-28-15)12-25-9-8-23-22(25)20-13-26(21(27)10-16-6-7-16)11-17-4-2-3-5-19(17)20/h2-5,8-9,14,16,20H,6-7,10-13H2,1H3/t20-/m0/s1. The van der Waals surface area contributed by atoms with E-state index < -0.39 is 0 Å². The lowest BCUT2D eigenvalue weighted by molar-refractivity contribution is -0.132. The molecule has 0 N–H and O–H groups in total. The average molecular weight is 393 g/mol. The zero-order valence-corrected chi connectivity index (χ0v) is 16.9. The number of hydrogen-bond acceptors (Lipinski definition) is 4. The van der Waals surface area contributed by atoms with Crippen LogP contribution in [-0.4, -0.2) is 31.9 Å². The second-order valence-electron chi connectivity index (χ2n) is 7.94. The fourth-order valence-corrected chi connectivity index (χ4v) is 4.74. The van der Waals surface area contributed by atoms with Gasteiger partial charge in [0.1, 0.15) is 5.82 Å². The summed E-state index contributed by atoms with van der Waals surface area (Å²) >= 11 is 1.67. The highest BCUT2D eigenvalue weighted by atomic mass is 32.1. The summed E-state index contributed by atoms with van der Waals surface area (Å²) < 4.78 is 2.19. The number of benzene rings is 1. The van der Waals surface area contributed by atoms with Gasteiger partial charge in [-0.3, -0.25) is 4.79 Å². The van der Waals surface area contributed by atoms with E-state index in [1.165, 1.54) is 24.0 Å². The summed E-state index contributed by atoms with van der Waals surface area (Å²) in [5.41, 5.74) is 3.59. The SMILES string of the molecule is Cc1nc(Cn2ccnc2[C@H]2CN(C(=O)CC3CC3)Cc3ccccc32)cs1. The van der Waals surface area contributed by atoms with E-state index in [4.69, 9.17) is 4.98 Å². The van der Waals surface area contributed by atoms with Crippen LogP contribution < -0.4 is 0 Å². The topological polar surface area (TPSA) is 51.0 Å². The van der Waals surface area contributed by atoms with Crippen LogP contribution >= 0.6 is 11.3 Å². The lowest BCUT2D eigenvalue weighted by atomic mass is 9.88. The molecule has 1 aromatic carbocycles. The number of carbonyl (C=O) groups is 1. The van der Waals surface area contributed by atoms with E-state index in [1.807, 2.05) is 24.2 Å². The van der Waals surface area contributed by atoms with Crippen molar-refractivity contribution in [2.24, 2.45) is 5.92 Å². The second kappa shape index (κ2) is 7.17. The zero-order chi connectivity index (χ0) is 19.1. The molecule has 0 radical (unpaired) electrons. The van der Waals surface area contributed by atoms with Crippen LogP contribution in [0.3, 0.4) is 0 Å². The van der Waals surface area contributed by atoms with Crippen LogP contribution in [0.2, 0.25) is 0 Å². The molecular weight excluding hydrogens is 368 g/mol. The molecule has 28 heavy (non-hydrogen) atoms. The van der Waals surface area contributed by atoms with Gasteiger partial charge in [0.2, 0.25) is 5.91 Å². The van der Waals surface area contributed by atoms with Crippen molar-refractivity contribution in [1.82, 2.24) is 19.4 Å². The number of amides is 1. The fourth-order valence-electron chi connectivity index (χ4n) is 4.14. The van der Waals surface area contributed by atoms with Crippen molar-refractivity contribution >= 4 is 17.2 Å². The molecule has 5 nitrogen and oxygen atoms in total. The van der Waals surface area contributed by atoms with Crippen molar-refractivity contribution in [3.8, 4) is 0 Å². The van der Waals surface area contributed by atoms with Crippen molar-refractivity contribution in [3.63, 3.8) is 0 Å². The minimum Gasteiger partial charge on any atom is -0.337 e. The van der Waals surface area contributed by atoms with E-state index in [2.05, 4.69) is 39.2 Å². The highest BCUT2D eigenvalue weighted by Gasteiger charge is 2.33. The predicted molar refractivity (Wildman–Crippen MR) is 109 cm³/mol. The van der Waals surface area contributed by atoms with E-state index in [1.54, 1.807) is 11.3 Å². The third-order valence-electron chi connectivity index (χ3n) is 5.77. The summed E-state index contributed by atoms with van der Waals surface area (Å²) in [4.78, 5) is 24.2. The highest BCUT2D eigenvalue weighted by molar-refractivity contribution is 7.09. The molecule has 3 aromatic rings. The first-order chi connectivity index (χ1) is 13.7. The van der Waals surface area contributed by atoms with Crippen LogP contribution in [0, 0.1) is 12.8 Å². The minimum absolute atomic E-state index is 0.0998. The third-order valence-corrected chi connectivity index (χ3v) is 6.59. The molecule has 1 aliphatic heterocycles. The van der Waals surface area contributed by atoms with Gasteiger partial charge in [0, 0.05) is 37.3 Å². The maximum atomic E-state index is 12.8. The van der Waals surface area contributed by atoms with Crippen LogP contribution in [0.5, 0.6) is 0 Å². The molecule has 2 aliphatic rings. The van der Waals surface area contributed by atoms with Gasteiger partial charge in [0.15, 0.2) is 0 Å². The number of aromatic nitrogens is 3. The highest BCUT2D eigenvalue weighted by Crippen LogP contribution is 2.36. The van der Waals surface area contributed by atoms with Crippen molar-refractivity contribution < 1.29 is 4.79 Å². The molecule has 1 atom stereocenters. The van der Waals surface area contributed by atoms with Gasteiger partial charge in [-0.05, 0) is 36.8 Å². The van der Waals surface area contributed by atoms with Crippen LogP contribution in [0.1, 0.15) is 52.8 Å². The maximum Gasteiger partial charge on any atom is 0.223 e. The minimum atomic E-state index is 0.0998. The summed E-state index contributed by atoms with van der Waals surface area (Å²) in [6.07, 6.45) is 7.00. The number of carbonyl (C=O) groups excluding carboxylic acids is 1. The van der Waals surface area contributed by atoms with Crippen LogP contribution in [-0.2, 0) is 17.9 Å². The third kappa shape index (κ3) is 3.49. The molecule has 5 rings (SSSR count). The van der Waals surface area contributed by atoms with E-state index >= 15 is 0 Å². The molecule has 0 saturated heterocycles. The monoisotopic (exact) mass is 392 g/mol. The van der Waals surface area contributed by atoms with Gasteiger partial charge in [-0.25, -0.2) is 9.97 Å². The van der Waals surface area contributed by atoms with E-state index in [0.717, 1.165) is 16.5 Å². The molecular formula is C22H24N4OS. The zero-order valence-electron chi connectivity index (χ0n) is 16.0. The van der Waals surface area contributed by atoms with Gasteiger partial charge in [-0.2, -0.15) is 0 Å². The molecule has 3 heterocycles. The molecule has 0 bridgehead atoms. The Morgan fingerprint density at radius 1 is 1.29 bits per heavy atom. The molecule has 1 amide bonds. The summed E-state index contributed by atoms with van der Waals surface area (Å²) in [7, 11) is 0. The van der Waals surface area contributed by atoms with E-state index in [-0.39, 0.29) is 11.8 Å². The van der Waals surface area contributed by atoms with E-state index in [9.17, 15) is 4.79 Å². The smallest absolute Gasteiger partial charge is 0.223 e. The average Bonchev–Trinajstić information content (AvgIpc) is 3.24. The Labute approximate surface area is 169 Å². The normalized spacial score (nSPS) is 18.9. The number of thiazole rings is 1. The Morgan fingerprint density at radius 2 is 2.14 bits per heavy atom. The van der Waals surface area contributed by atoms with Crippen molar-refractivity contribution in [2.45, 2.75) is 45.2 Å². The number of fused-ring (bicyclic) bond motifs is 1. The summed E-state index contributed by atoms with van der Waals surface area (Å²) in [5, 5.41) is 3.19. The number of hydrogen-bond donors (Lipinski definition) is 0.